The molecule has 0 spiro atoms. The molecule has 0 saturated heterocycles. The van der Waals surface area contributed by atoms with Gasteiger partial charge in [0.25, 0.3) is 0 Å². The van der Waals surface area contributed by atoms with Crippen molar-refractivity contribution < 1.29 is 76.9 Å². The van der Waals surface area contributed by atoms with Crippen LogP contribution < -0.4 is 0 Å². The number of aliphatic hydroxyl groups excluding tert-OH is 4. The van der Waals surface area contributed by atoms with Gasteiger partial charge in [-0.05, 0) is 76.5 Å². The first-order valence-electron chi connectivity index (χ1n) is 23.9. The van der Waals surface area contributed by atoms with Gasteiger partial charge in [0, 0.05) is 25.2 Å². The molecule has 1 fully saturated rings. The van der Waals surface area contributed by atoms with Crippen LogP contribution in [0, 0.1) is 11.8 Å². The molecule has 380 valence electrons. The molecule has 1 unspecified atom stereocenters. The number of hydrogen-bond donors (Lipinski definition) is 7. The summed E-state index contributed by atoms with van der Waals surface area (Å²) in [5.74, 6) is -1.62. The summed E-state index contributed by atoms with van der Waals surface area (Å²) in [5, 5.41) is 41.2. The van der Waals surface area contributed by atoms with Crippen molar-refractivity contribution in [2.24, 2.45) is 11.8 Å². The molecule has 0 aliphatic heterocycles. The Labute approximate surface area is 393 Å². The predicted molar refractivity (Wildman–Crippen MR) is 255 cm³/mol. The second kappa shape index (κ2) is 38.3. The number of hydrogen-bond acceptors (Lipinski definition) is 13. The van der Waals surface area contributed by atoms with E-state index in [0.717, 1.165) is 83.5 Å². The van der Waals surface area contributed by atoms with E-state index in [1.54, 1.807) is 6.08 Å². The second-order valence-electron chi connectivity index (χ2n) is 16.6. The molecule has 0 amide bonds. The topological polar surface area (TPSA) is 256 Å². The largest absolute Gasteiger partial charge is 0.472 e. The maximum Gasteiger partial charge on any atom is 0.472 e. The molecule has 1 rings (SSSR count). The van der Waals surface area contributed by atoms with E-state index in [1.807, 2.05) is 6.08 Å². The molecule has 0 heterocycles. The second-order valence-corrected chi connectivity index (χ2v) is 19.3. The van der Waals surface area contributed by atoms with Crippen LogP contribution in [0.2, 0.25) is 0 Å². The highest BCUT2D eigenvalue weighted by atomic mass is 31.2. The minimum absolute atomic E-state index is 0.00651. The molecule has 1 aliphatic rings. The van der Waals surface area contributed by atoms with E-state index in [2.05, 4.69) is 83.7 Å². The fourth-order valence-electron chi connectivity index (χ4n) is 7.06. The van der Waals surface area contributed by atoms with Crippen molar-refractivity contribution in [1.82, 2.24) is 0 Å². The number of carbonyl (C=O) groups is 2. The SMILES string of the molecule is CC/C=C\C/C=C\C/C=C\C/C=C\C/C=C\CCCCCC(=O)OC[C@H](COP(=O)(O)OC[C@@H](O)COP(=O)(O)O)OC(=O)CCCCCC[C@@H]1[C@@H](/C=C/[C@@H](O)CCCCC)[C@H](O)C[C@@H]1O. The summed E-state index contributed by atoms with van der Waals surface area (Å²) in [6.07, 6.45) is 35.2. The van der Waals surface area contributed by atoms with Gasteiger partial charge < -0.3 is 44.6 Å². The first-order valence-corrected chi connectivity index (χ1v) is 26.9. The van der Waals surface area contributed by atoms with E-state index in [0.29, 0.717) is 32.1 Å². The van der Waals surface area contributed by atoms with Crippen LogP contribution in [0.4, 0.5) is 0 Å². The van der Waals surface area contributed by atoms with Gasteiger partial charge in [-0.3, -0.25) is 23.2 Å². The third kappa shape index (κ3) is 34.7. The molecule has 0 aromatic heterocycles. The molecule has 7 N–H and O–H groups in total. The maximum absolute atomic E-state index is 12.8. The summed E-state index contributed by atoms with van der Waals surface area (Å²) < 4.78 is 47.9. The number of unbranched alkanes of at least 4 members (excludes halogenated alkanes) is 8. The van der Waals surface area contributed by atoms with Crippen LogP contribution in [0.3, 0.4) is 0 Å². The average molecular weight is 977 g/mol. The predicted octanol–water partition coefficient (Wildman–Crippen LogP) is 8.94. The summed E-state index contributed by atoms with van der Waals surface area (Å²) in [6, 6.07) is 0. The van der Waals surface area contributed by atoms with E-state index in [9.17, 15) is 44.0 Å². The van der Waals surface area contributed by atoms with E-state index < -0.39 is 84.5 Å². The lowest BCUT2D eigenvalue weighted by Crippen LogP contribution is -2.30. The van der Waals surface area contributed by atoms with Gasteiger partial charge in [0.05, 0.1) is 38.1 Å². The van der Waals surface area contributed by atoms with Crippen molar-refractivity contribution in [3.8, 4) is 0 Å². The number of phosphoric ester groups is 2. The summed E-state index contributed by atoms with van der Waals surface area (Å²) in [7, 11) is -9.79. The van der Waals surface area contributed by atoms with Gasteiger partial charge in [0.15, 0.2) is 6.10 Å². The van der Waals surface area contributed by atoms with Crippen LogP contribution >= 0.6 is 15.6 Å². The van der Waals surface area contributed by atoms with E-state index in [4.69, 9.17) is 23.8 Å². The number of phosphoric acid groups is 2. The summed E-state index contributed by atoms with van der Waals surface area (Å²) in [6.45, 7) is 1.27. The van der Waals surface area contributed by atoms with Crippen LogP contribution in [0.25, 0.3) is 0 Å². The quantitative estimate of drug-likeness (QED) is 0.0131. The molecular weight excluding hydrogens is 894 g/mol. The van der Waals surface area contributed by atoms with Crippen LogP contribution in [0.5, 0.6) is 0 Å². The Balaban J connectivity index is 2.54. The number of ether oxygens (including phenoxy) is 2. The molecule has 16 nitrogen and oxygen atoms in total. The molecule has 1 aliphatic carbocycles. The van der Waals surface area contributed by atoms with Gasteiger partial charge in [-0.15, -0.1) is 0 Å². The van der Waals surface area contributed by atoms with Crippen molar-refractivity contribution >= 4 is 27.6 Å². The fraction of sp³-hybridized carbons (Fsp3) is 0.708. The molecule has 0 bridgehead atoms. The molecule has 0 aromatic rings. The van der Waals surface area contributed by atoms with Crippen LogP contribution in [-0.2, 0) is 41.8 Å². The highest BCUT2D eigenvalue weighted by Gasteiger charge is 2.39. The van der Waals surface area contributed by atoms with Gasteiger partial charge in [0.1, 0.15) is 12.7 Å². The van der Waals surface area contributed by atoms with Gasteiger partial charge in [-0.2, -0.15) is 0 Å². The van der Waals surface area contributed by atoms with Crippen LogP contribution in [-0.4, -0.2) is 104 Å². The van der Waals surface area contributed by atoms with E-state index in [1.165, 1.54) is 0 Å². The lowest BCUT2D eigenvalue weighted by molar-refractivity contribution is -0.161. The zero-order valence-electron chi connectivity index (χ0n) is 39.3. The molecule has 8 atom stereocenters. The van der Waals surface area contributed by atoms with Gasteiger partial charge in [-0.1, -0.05) is 132 Å². The highest BCUT2D eigenvalue weighted by Crippen LogP contribution is 2.44. The smallest absolute Gasteiger partial charge is 0.462 e. The molecule has 0 radical (unpaired) electrons. The normalized spacial score (nSPS) is 20.7. The minimum atomic E-state index is -4.90. The average Bonchev–Trinajstić information content (AvgIpc) is 3.54. The zero-order valence-corrected chi connectivity index (χ0v) is 41.1. The van der Waals surface area contributed by atoms with E-state index >= 15 is 0 Å². The molecule has 18 heteroatoms. The number of allylic oxidation sites excluding steroid dienone is 10. The van der Waals surface area contributed by atoms with E-state index in [-0.39, 0.29) is 31.1 Å². The first kappa shape index (κ1) is 61.5. The monoisotopic (exact) mass is 977 g/mol. The van der Waals surface area contributed by atoms with Gasteiger partial charge in [-0.25, -0.2) is 9.13 Å². The van der Waals surface area contributed by atoms with Crippen molar-refractivity contribution in [2.45, 2.75) is 179 Å². The Morgan fingerprint density at radius 2 is 1.20 bits per heavy atom. The van der Waals surface area contributed by atoms with Crippen LogP contribution in [0.15, 0.2) is 72.9 Å². The van der Waals surface area contributed by atoms with Crippen molar-refractivity contribution in [2.75, 3.05) is 26.4 Å². The summed E-state index contributed by atoms with van der Waals surface area (Å²) in [5.41, 5.74) is 0. The highest BCUT2D eigenvalue weighted by molar-refractivity contribution is 7.47. The Morgan fingerprint density at radius 3 is 1.82 bits per heavy atom. The zero-order chi connectivity index (χ0) is 48.9. The lowest BCUT2D eigenvalue weighted by atomic mass is 9.88. The molecule has 0 aromatic carbocycles. The Bertz CT molecular complexity index is 1560. The molecule has 1 saturated carbocycles. The standard InChI is InChI=1S/C48H82O16P2/c1-3-5-7-8-9-10-11-12-13-14-15-16-17-18-19-20-21-22-27-31-47(53)60-38-42(39-63-66(58,59)62-37-41(50)36-61-65(55,56)57)64-48(54)32-28-24-23-26-30-43-44(46(52)35-45(43)51)34-33-40(49)29-25-6-4-2/h5,7,9-10,12-13,15-16,18-19,33-34,40-46,49-52H,3-4,6,8,11,14,17,20-32,35-39H2,1-2H3,(H,58,59)(H2,55,56,57)/b7-5-,10-9-,13-12-,16-15-,19-18-,34-33+/t40-,41-,42+,43+,44+,45-,46+/m0/s1. The number of esters is 2. The molecule has 66 heavy (non-hydrogen) atoms. The first-order chi connectivity index (χ1) is 31.6. The Morgan fingerprint density at radius 1 is 0.636 bits per heavy atom. The Kier molecular flexibility index (Phi) is 35.7. The number of rotatable bonds is 40. The third-order valence-electron chi connectivity index (χ3n) is 10.7. The third-order valence-corrected chi connectivity index (χ3v) is 12.1. The van der Waals surface area contributed by atoms with Crippen molar-refractivity contribution in [1.29, 1.82) is 0 Å². The summed E-state index contributed by atoms with van der Waals surface area (Å²) >= 11 is 0. The van der Waals surface area contributed by atoms with Crippen molar-refractivity contribution in [3.63, 3.8) is 0 Å². The Hall–Kier alpha value is -2.56. The van der Waals surface area contributed by atoms with Gasteiger partial charge >= 0.3 is 27.6 Å². The number of aliphatic hydroxyl groups is 4. The van der Waals surface area contributed by atoms with Crippen molar-refractivity contribution in [3.05, 3.63) is 72.9 Å². The fourth-order valence-corrected chi connectivity index (χ4v) is 8.21. The molecular formula is C48H82O16P2. The minimum Gasteiger partial charge on any atom is -0.462 e. The summed E-state index contributed by atoms with van der Waals surface area (Å²) in [4.78, 5) is 53.1. The maximum atomic E-state index is 12.8. The van der Waals surface area contributed by atoms with Gasteiger partial charge in [0.2, 0.25) is 0 Å². The van der Waals surface area contributed by atoms with Crippen LogP contribution in [0.1, 0.15) is 149 Å². The lowest BCUT2D eigenvalue weighted by Gasteiger charge is -2.21. The number of carbonyl (C=O) groups excluding carboxylic acids is 2.